The number of hydrogen-bond acceptors (Lipinski definition) is 7. The first-order valence-electron chi connectivity index (χ1n) is 35.9. The monoisotopic (exact) mass is 1210 g/mol. The topological polar surface area (TPSA) is 114 Å². The van der Waals surface area contributed by atoms with Crippen molar-refractivity contribution in [3.63, 3.8) is 0 Å². The van der Waals surface area contributed by atoms with Crippen LogP contribution >= 0.6 is 7.82 Å². The summed E-state index contributed by atoms with van der Waals surface area (Å²) in [6.07, 6.45) is 85.6. The molecule has 0 rings (SSSR count). The molecular weight excluding hydrogens is 1070 g/mol. The third kappa shape index (κ3) is 65.5. The fraction of sp³-hybridized carbons (Fsp3) is 0.787. The quantitative estimate of drug-likeness (QED) is 0.0212. The molecule has 0 saturated heterocycles. The summed E-state index contributed by atoms with van der Waals surface area (Å²) in [4.78, 5) is 40.2. The van der Waals surface area contributed by atoms with Crippen LogP contribution in [0.25, 0.3) is 0 Å². The van der Waals surface area contributed by atoms with E-state index in [0.717, 1.165) is 103 Å². The lowest BCUT2D eigenvalue weighted by Crippen LogP contribution is -2.47. The number of nitrogens with zero attached hydrogens (tertiary/aromatic N) is 1. The maximum Gasteiger partial charge on any atom is 0.306 e. The predicted octanol–water partition coefficient (Wildman–Crippen LogP) is 22.3. The molecule has 0 fully saturated rings. The lowest BCUT2D eigenvalue weighted by Gasteiger charge is -2.30. The summed E-state index contributed by atoms with van der Waals surface area (Å²) in [5.74, 6) is -0.546. The van der Waals surface area contributed by atoms with Crippen LogP contribution in [0.1, 0.15) is 329 Å². The Morgan fingerprint density at radius 2 is 0.753 bits per heavy atom. The molecule has 0 heterocycles. The number of unbranched alkanes of at least 4 members (excludes halogenated alkanes) is 37. The van der Waals surface area contributed by atoms with Crippen molar-refractivity contribution >= 4 is 19.7 Å². The van der Waals surface area contributed by atoms with E-state index < -0.39 is 26.6 Å². The van der Waals surface area contributed by atoms with E-state index in [4.69, 9.17) is 13.8 Å². The van der Waals surface area contributed by atoms with Gasteiger partial charge >= 0.3 is 5.97 Å². The van der Waals surface area contributed by atoms with Gasteiger partial charge in [-0.1, -0.05) is 299 Å². The fourth-order valence-electron chi connectivity index (χ4n) is 10.3. The van der Waals surface area contributed by atoms with E-state index in [1.807, 2.05) is 33.3 Å². The zero-order chi connectivity index (χ0) is 62.1. The Hall–Kier alpha value is -2.81. The highest BCUT2D eigenvalue weighted by Crippen LogP contribution is 2.38. The number of hydrogen-bond donors (Lipinski definition) is 1. The van der Waals surface area contributed by atoms with Gasteiger partial charge in [-0.05, 0) is 102 Å². The molecule has 0 aliphatic carbocycles. The van der Waals surface area contributed by atoms with Gasteiger partial charge in [0.15, 0.2) is 0 Å². The van der Waals surface area contributed by atoms with E-state index in [1.54, 1.807) is 0 Å². The van der Waals surface area contributed by atoms with Gasteiger partial charge in [-0.15, -0.1) is 0 Å². The first kappa shape index (κ1) is 82.2. The molecule has 0 aliphatic heterocycles. The van der Waals surface area contributed by atoms with Crippen LogP contribution in [-0.4, -0.2) is 69.4 Å². The van der Waals surface area contributed by atoms with E-state index >= 15 is 0 Å². The highest BCUT2D eigenvalue weighted by Gasteiger charge is 2.27. The molecule has 494 valence electrons. The molecule has 0 bridgehead atoms. The highest BCUT2D eigenvalue weighted by atomic mass is 31.2. The number of allylic oxidation sites excluding steroid dienone is 13. The smallest absolute Gasteiger partial charge is 0.306 e. The van der Waals surface area contributed by atoms with Crippen molar-refractivity contribution in [2.24, 2.45) is 0 Å². The Morgan fingerprint density at radius 1 is 0.424 bits per heavy atom. The van der Waals surface area contributed by atoms with Crippen molar-refractivity contribution < 1.29 is 37.3 Å². The van der Waals surface area contributed by atoms with E-state index in [1.165, 1.54) is 193 Å². The third-order valence-corrected chi connectivity index (χ3v) is 16.8. The standard InChI is InChI=1S/C75H137N2O7P/c1-7-10-13-16-19-22-25-28-30-32-34-36-38-40-42-44-46-49-52-55-58-61-64-67-74(78)76-72(71-83-85(80,81)82-70-69-77(4,5)6)73(66-63-60-57-54-51-48-27-24-21-18-15-12-9-3)84-75(79)68-65-62-59-56-53-50-47-45-43-41-39-37-35-33-31-29-26-23-20-17-14-11-8-2/h11,14,20,23,28-31,35,37,41,43,63,66,72-73H,7-10,12-13,15-19,21-22,24-27,32-34,36,38-40,42,44-62,64-65,67-71H2,1-6H3,(H-,76,78,80,81)/b14-11-,23-20-,30-28+,31-29-,37-35-,43-41-,66-63+. The van der Waals surface area contributed by atoms with Gasteiger partial charge in [0.2, 0.25) is 5.91 Å². The second kappa shape index (κ2) is 64.2. The Morgan fingerprint density at radius 3 is 1.14 bits per heavy atom. The number of likely N-dealkylation sites (N-methyl/N-ethyl adjacent to an activating group) is 1. The fourth-order valence-corrected chi connectivity index (χ4v) is 11.0. The largest absolute Gasteiger partial charge is 0.756 e. The van der Waals surface area contributed by atoms with Gasteiger partial charge in [-0.25, -0.2) is 0 Å². The summed E-state index contributed by atoms with van der Waals surface area (Å²) >= 11 is 0. The van der Waals surface area contributed by atoms with Crippen LogP contribution in [0.4, 0.5) is 0 Å². The molecule has 1 N–H and O–H groups in total. The number of carbonyl (C=O) groups is 2. The lowest BCUT2D eigenvalue weighted by atomic mass is 10.0. The van der Waals surface area contributed by atoms with Gasteiger partial charge in [0, 0.05) is 12.8 Å². The predicted molar refractivity (Wildman–Crippen MR) is 367 cm³/mol. The highest BCUT2D eigenvalue weighted by molar-refractivity contribution is 7.45. The second-order valence-electron chi connectivity index (χ2n) is 25.4. The summed E-state index contributed by atoms with van der Waals surface area (Å²) in [7, 11) is 1.18. The normalized spacial score (nSPS) is 14.0. The van der Waals surface area contributed by atoms with E-state index in [-0.39, 0.29) is 24.9 Å². The first-order valence-corrected chi connectivity index (χ1v) is 37.4. The maximum absolute atomic E-state index is 13.6. The Bertz CT molecular complexity index is 1730. The van der Waals surface area contributed by atoms with Gasteiger partial charge in [0.1, 0.15) is 19.3 Å². The Kier molecular flexibility index (Phi) is 62.1. The lowest BCUT2D eigenvalue weighted by molar-refractivity contribution is -0.870. The SMILES string of the molecule is CC/C=C\C/C=C\C/C=C\C/C=C\C/C=C\CCCCCCCCCC(=O)OC(/C=C/CCCCCCCCCCCCC)C(COP(=O)([O-])OCC[N+](C)(C)C)NC(=O)CCCCCCCCCCCCCCC/C=C/CCCCCCCC. The molecule has 3 atom stereocenters. The number of phosphoric acid groups is 1. The zero-order valence-electron chi connectivity index (χ0n) is 56.6. The van der Waals surface area contributed by atoms with E-state index in [0.29, 0.717) is 17.4 Å². The van der Waals surface area contributed by atoms with Crippen LogP contribution in [0.15, 0.2) is 85.1 Å². The molecule has 1 amide bonds. The van der Waals surface area contributed by atoms with Crippen LogP contribution < -0.4 is 10.2 Å². The third-order valence-electron chi connectivity index (χ3n) is 15.8. The van der Waals surface area contributed by atoms with Crippen molar-refractivity contribution in [1.82, 2.24) is 5.32 Å². The molecular formula is C75H137N2O7P. The van der Waals surface area contributed by atoms with Crippen LogP contribution in [-0.2, 0) is 27.9 Å². The summed E-state index contributed by atoms with van der Waals surface area (Å²) in [6.45, 7) is 6.75. The van der Waals surface area contributed by atoms with Gasteiger partial charge in [0.25, 0.3) is 7.82 Å². The van der Waals surface area contributed by atoms with E-state index in [2.05, 4.69) is 99.0 Å². The zero-order valence-corrected chi connectivity index (χ0v) is 57.4. The average Bonchev–Trinajstić information content (AvgIpc) is 3.52. The van der Waals surface area contributed by atoms with Gasteiger partial charge < -0.3 is 28.5 Å². The number of nitrogens with one attached hydrogen (secondary N) is 1. The minimum absolute atomic E-state index is 0.0263. The summed E-state index contributed by atoms with van der Waals surface area (Å²) in [6, 6.07) is -0.898. The molecule has 9 nitrogen and oxygen atoms in total. The number of phosphoric ester groups is 1. The van der Waals surface area contributed by atoms with Crippen LogP contribution in [0, 0.1) is 0 Å². The molecule has 0 radical (unpaired) electrons. The van der Waals surface area contributed by atoms with Gasteiger partial charge in [0.05, 0.1) is 33.8 Å². The van der Waals surface area contributed by atoms with E-state index in [9.17, 15) is 19.0 Å². The minimum Gasteiger partial charge on any atom is -0.756 e. The molecule has 10 heteroatoms. The van der Waals surface area contributed by atoms with Crippen molar-refractivity contribution in [3.8, 4) is 0 Å². The van der Waals surface area contributed by atoms with Crippen molar-refractivity contribution in [2.45, 2.75) is 341 Å². The molecule has 0 saturated carbocycles. The number of quaternary nitrogens is 1. The Labute approximate surface area is 526 Å². The molecule has 0 aliphatic rings. The molecule has 3 unspecified atom stereocenters. The van der Waals surface area contributed by atoms with Crippen LogP contribution in [0.3, 0.4) is 0 Å². The van der Waals surface area contributed by atoms with Crippen molar-refractivity contribution in [3.05, 3.63) is 85.1 Å². The van der Waals surface area contributed by atoms with Gasteiger partial charge in [-0.2, -0.15) is 0 Å². The van der Waals surface area contributed by atoms with Crippen molar-refractivity contribution in [1.29, 1.82) is 0 Å². The first-order chi connectivity index (χ1) is 41.4. The van der Waals surface area contributed by atoms with Gasteiger partial charge in [-0.3, -0.25) is 14.2 Å². The second-order valence-corrected chi connectivity index (χ2v) is 26.8. The average molecular weight is 1210 g/mol. The van der Waals surface area contributed by atoms with Crippen LogP contribution in [0.5, 0.6) is 0 Å². The summed E-state index contributed by atoms with van der Waals surface area (Å²) in [5, 5.41) is 3.05. The number of rotatable bonds is 65. The Balaban J connectivity index is 5.13. The molecule has 0 aromatic carbocycles. The number of amides is 1. The van der Waals surface area contributed by atoms with Crippen LogP contribution in [0.2, 0.25) is 0 Å². The number of esters is 1. The molecule has 0 aromatic rings. The maximum atomic E-state index is 13.6. The number of ether oxygens (including phenoxy) is 1. The summed E-state index contributed by atoms with van der Waals surface area (Å²) < 4.78 is 30.5. The number of carbonyl (C=O) groups excluding carboxylic acids is 2. The molecule has 0 spiro atoms. The molecule has 85 heavy (non-hydrogen) atoms. The molecule has 0 aromatic heterocycles. The minimum atomic E-state index is -4.71. The van der Waals surface area contributed by atoms with Crippen molar-refractivity contribution in [2.75, 3.05) is 40.9 Å². The summed E-state index contributed by atoms with van der Waals surface area (Å²) in [5.41, 5.74) is 0.